The van der Waals surface area contributed by atoms with Gasteiger partial charge in [-0.3, -0.25) is 4.79 Å². The Balaban J connectivity index is 1.85. The van der Waals surface area contributed by atoms with E-state index in [1.165, 1.54) is 0 Å². The van der Waals surface area contributed by atoms with Gasteiger partial charge in [-0.2, -0.15) is 0 Å². The maximum atomic E-state index is 12.4. The molecule has 0 fully saturated rings. The van der Waals surface area contributed by atoms with Crippen LogP contribution in [0.25, 0.3) is 11.5 Å². The molecule has 1 heterocycles. The van der Waals surface area contributed by atoms with Crippen LogP contribution in [-0.4, -0.2) is 10.9 Å². The molecule has 0 radical (unpaired) electrons. The molecule has 5 heteroatoms. The summed E-state index contributed by atoms with van der Waals surface area (Å²) in [5.41, 5.74) is 2.91. The van der Waals surface area contributed by atoms with Crippen LogP contribution < -0.4 is 5.32 Å². The quantitative estimate of drug-likeness (QED) is 0.707. The second kappa shape index (κ2) is 6.38. The number of amides is 1. The van der Waals surface area contributed by atoms with Crippen LogP contribution in [0, 0.1) is 13.8 Å². The van der Waals surface area contributed by atoms with Crippen LogP contribution in [0.2, 0.25) is 0 Å². The molecule has 0 aliphatic heterocycles. The van der Waals surface area contributed by atoms with Crippen LogP contribution in [-0.2, 0) is 0 Å². The standard InChI is InChI=1S/C18H15BrN2O2/c1-11-10-14(8-9-15(11)19)20-17(22)16-12(2)23-18(21-16)13-6-4-3-5-7-13/h3-10H,1-2H3,(H,20,22). The van der Waals surface area contributed by atoms with Crippen molar-refractivity contribution in [2.75, 3.05) is 5.32 Å². The van der Waals surface area contributed by atoms with Gasteiger partial charge in [-0.1, -0.05) is 34.1 Å². The number of carbonyl (C=O) groups is 1. The van der Waals surface area contributed by atoms with Crippen molar-refractivity contribution in [3.8, 4) is 11.5 Å². The Labute approximate surface area is 142 Å². The molecular formula is C18H15BrN2O2. The van der Waals surface area contributed by atoms with Crippen LogP contribution in [0.1, 0.15) is 21.8 Å². The smallest absolute Gasteiger partial charge is 0.277 e. The summed E-state index contributed by atoms with van der Waals surface area (Å²) in [5.74, 6) is 0.658. The minimum absolute atomic E-state index is 0.282. The van der Waals surface area contributed by atoms with Crippen LogP contribution in [0.5, 0.6) is 0 Å². The molecule has 1 amide bonds. The molecule has 0 atom stereocenters. The molecule has 0 aliphatic rings. The fourth-order valence-corrected chi connectivity index (χ4v) is 2.47. The molecule has 0 saturated heterocycles. The first-order valence-corrected chi connectivity index (χ1v) is 7.94. The number of aryl methyl sites for hydroxylation is 2. The second-order valence-corrected chi connectivity index (χ2v) is 6.06. The van der Waals surface area contributed by atoms with E-state index in [0.29, 0.717) is 17.3 Å². The minimum atomic E-state index is -0.282. The Bertz CT molecular complexity index is 857. The molecule has 0 saturated carbocycles. The van der Waals surface area contributed by atoms with Crippen LogP contribution >= 0.6 is 15.9 Å². The lowest BCUT2D eigenvalue weighted by atomic mass is 10.2. The highest BCUT2D eigenvalue weighted by Gasteiger charge is 2.18. The molecule has 0 bridgehead atoms. The molecule has 3 rings (SSSR count). The van der Waals surface area contributed by atoms with E-state index in [2.05, 4.69) is 26.2 Å². The molecular weight excluding hydrogens is 356 g/mol. The minimum Gasteiger partial charge on any atom is -0.441 e. The summed E-state index contributed by atoms with van der Waals surface area (Å²) in [5, 5.41) is 2.85. The Kier molecular flexibility index (Phi) is 4.30. The van der Waals surface area contributed by atoms with Gasteiger partial charge in [-0.05, 0) is 49.7 Å². The van der Waals surface area contributed by atoms with E-state index in [4.69, 9.17) is 4.42 Å². The van der Waals surface area contributed by atoms with Crippen molar-refractivity contribution in [2.45, 2.75) is 13.8 Å². The Morgan fingerprint density at radius 1 is 1.13 bits per heavy atom. The van der Waals surface area contributed by atoms with Gasteiger partial charge in [0.1, 0.15) is 5.76 Å². The van der Waals surface area contributed by atoms with Crippen LogP contribution in [0.4, 0.5) is 5.69 Å². The highest BCUT2D eigenvalue weighted by molar-refractivity contribution is 9.10. The summed E-state index contributed by atoms with van der Waals surface area (Å²) in [7, 11) is 0. The number of nitrogens with zero attached hydrogens (tertiary/aromatic N) is 1. The largest absolute Gasteiger partial charge is 0.441 e. The summed E-state index contributed by atoms with van der Waals surface area (Å²) >= 11 is 3.44. The van der Waals surface area contributed by atoms with Gasteiger partial charge < -0.3 is 9.73 Å². The first kappa shape index (κ1) is 15.5. The normalized spacial score (nSPS) is 10.6. The molecule has 0 spiro atoms. The van der Waals surface area contributed by atoms with Gasteiger partial charge in [0.05, 0.1) is 0 Å². The molecule has 1 N–H and O–H groups in total. The summed E-state index contributed by atoms with van der Waals surface area (Å²) in [4.78, 5) is 16.8. The fourth-order valence-electron chi connectivity index (χ4n) is 2.22. The van der Waals surface area contributed by atoms with Crippen LogP contribution in [0.15, 0.2) is 57.4 Å². The predicted molar refractivity (Wildman–Crippen MR) is 93.5 cm³/mol. The molecule has 3 aromatic rings. The van der Waals surface area contributed by atoms with Gasteiger partial charge in [0.15, 0.2) is 5.69 Å². The number of halogens is 1. The number of hydrogen-bond acceptors (Lipinski definition) is 3. The number of nitrogens with one attached hydrogen (secondary N) is 1. The molecule has 0 unspecified atom stereocenters. The number of rotatable bonds is 3. The number of oxazole rings is 1. The molecule has 2 aromatic carbocycles. The van der Waals surface area contributed by atoms with E-state index >= 15 is 0 Å². The van der Waals surface area contributed by atoms with Crippen molar-refractivity contribution in [1.29, 1.82) is 0 Å². The van der Waals surface area contributed by atoms with Crippen molar-refractivity contribution in [1.82, 2.24) is 4.98 Å². The average molecular weight is 371 g/mol. The molecule has 0 aliphatic carbocycles. The Hall–Kier alpha value is -2.40. The van der Waals surface area contributed by atoms with E-state index < -0.39 is 0 Å². The lowest BCUT2D eigenvalue weighted by molar-refractivity contribution is 0.102. The number of benzene rings is 2. The molecule has 4 nitrogen and oxygen atoms in total. The van der Waals surface area contributed by atoms with Gasteiger partial charge in [0.25, 0.3) is 5.91 Å². The van der Waals surface area contributed by atoms with Gasteiger partial charge in [0, 0.05) is 15.7 Å². The second-order valence-electron chi connectivity index (χ2n) is 5.21. The average Bonchev–Trinajstić information content (AvgIpc) is 2.94. The lowest BCUT2D eigenvalue weighted by Gasteiger charge is -2.05. The van der Waals surface area contributed by atoms with Crippen LogP contribution in [0.3, 0.4) is 0 Å². The summed E-state index contributed by atoms with van der Waals surface area (Å²) in [6, 6.07) is 15.1. The number of hydrogen-bond donors (Lipinski definition) is 1. The third-order valence-corrected chi connectivity index (χ3v) is 4.34. The van der Waals surface area contributed by atoms with E-state index in [1.54, 1.807) is 6.92 Å². The van der Waals surface area contributed by atoms with Gasteiger partial charge in [-0.25, -0.2) is 4.98 Å². The van der Waals surface area contributed by atoms with Gasteiger partial charge >= 0.3 is 0 Å². The first-order valence-electron chi connectivity index (χ1n) is 7.15. The van der Waals surface area contributed by atoms with Crippen molar-refractivity contribution in [3.05, 3.63) is 70.0 Å². The molecule has 1 aromatic heterocycles. The maximum Gasteiger partial charge on any atom is 0.277 e. The summed E-state index contributed by atoms with van der Waals surface area (Å²) in [6.07, 6.45) is 0. The fraction of sp³-hybridized carbons (Fsp3) is 0.111. The van der Waals surface area contributed by atoms with Crippen molar-refractivity contribution in [3.63, 3.8) is 0 Å². The third kappa shape index (κ3) is 3.35. The van der Waals surface area contributed by atoms with E-state index in [1.807, 2.05) is 55.5 Å². The topological polar surface area (TPSA) is 55.1 Å². The van der Waals surface area contributed by atoms with E-state index in [-0.39, 0.29) is 5.91 Å². The number of aromatic nitrogens is 1. The summed E-state index contributed by atoms with van der Waals surface area (Å²) in [6.45, 7) is 3.70. The zero-order chi connectivity index (χ0) is 16.4. The molecule has 116 valence electrons. The highest BCUT2D eigenvalue weighted by Crippen LogP contribution is 2.23. The highest BCUT2D eigenvalue weighted by atomic mass is 79.9. The van der Waals surface area contributed by atoms with Gasteiger partial charge in [0.2, 0.25) is 5.89 Å². The Morgan fingerprint density at radius 2 is 1.87 bits per heavy atom. The predicted octanol–water partition coefficient (Wildman–Crippen LogP) is 4.97. The third-order valence-electron chi connectivity index (χ3n) is 3.45. The van der Waals surface area contributed by atoms with Crippen molar-refractivity contribution >= 4 is 27.5 Å². The monoisotopic (exact) mass is 370 g/mol. The maximum absolute atomic E-state index is 12.4. The Morgan fingerprint density at radius 3 is 2.57 bits per heavy atom. The summed E-state index contributed by atoms with van der Waals surface area (Å²) < 4.78 is 6.62. The molecule has 23 heavy (non-hydrogen) atoms. The zero-order valence-corrected chi connectivity index (χ0v) is 14.3. The van der Waals surface area contributed by atoms with E-state index in [9.17, 15) is 4.79 Å². The van der Waals surface area contributed by atoms with E-state index in [0.717, 1.165) is 21.3 Å². The number of anilines is 1. The van der Waals surface area contributed by atoms with Crippen molar-refractivity contribution in [2.24, 2.45) is 0 Å². The number of carbonyl (C=O) groups excluding carboxylic acids is 1. The lowest BCUT2D eigenvalue weighted by Crippen LogP contribution is -2.13. The van der Waals surface area contributed by atoms with Crippen molar-refractivity contribution < 1.29 is 9.21 Å². The van der Waals surface area contributed by atoms with Gasteiger partial charge in [-0.15, -0.1) is 0 Å². The zero-order valence-electron chi connectivity index (χ0n) is 12.8. The SMILES string of the molecule is Cc1cc(NC(=O)c2nc(-c3ccccc3)oc2C)ccc1Br. The first-order chi connectivity index (χ1) is 11.0.